The molecule has 2 heteroatoms. The second kappa shape index (κ2) is 6.40. The average Bonchev–Trinajstić information content (AvgIpc) is 2.95. The van der Waals surface area contributed by atoms with E-state index in [4.69, 9.17) is 0 Å². The first-order chi connectivity index (χ1) is 10.3. The molecule has 0 saturated heterocycles. The Morgan fingerprint density at radius 1 is 0.905 bits per heavy atom. The van der Waals surface area contributed by atoms with Crippen LogP contribution in [0.2, 0.25) is 0 Å². The van der Waals surface area contributed by atoms with Crippen LogP contribution < -0.4 is 0 Å². The molecule has 0 spiro atoms. The molecule has 0 atom stereocenters. The van der Waals surface area contributed by atoms with Crippen LogP contribution >= 0.6 is 0 Å². The standard InChI is InChI=1S/C19H20N2/c1-15-7-5-6-10-17(15)11-12-19-20-14-18(21-19)13-16-8-3-2-4-9-16/h2-10,14H,11-13H2,1H3,(H,20,21). The quantitative estimate of drug-likeness (QED) is 0.747. The zero-order valence-corrected chi connectivity index (χ0v) is 12.3. The molecule has 0 radical (unpaired) electrons. The fourth-order valence-electron chi connectivity index (χ4n) is 2.58. The minimum atomic E-state index is 0.915. The van der Waals surface area contributed by atoms with Crippen molar-refractivity contribution in [2.75, 3.05) is 0 Å². The van der Waals surface area contributed by atoms with E-state index in [1.165, 1.54) is 22.4 Å². The van der Waals surface area contributed by atoms with Gasteiger partial charge in [-0.3, -0.25) is 0 Å². The molecule has 0 fully saturated rings. The zero-order valence-electron chi connectivity index (χ0n) is 12.3. The van der Waals surface area contributed by atoms with Crippen LogP contribution in [0, 0.1) is 6.92 Å². The van der Waals surface area contributed by atoms with Gasteiger partial charge in [0.25, 0.3) is 0 Å². The fraction of sp³-hybridized carbons (Fsp3) is 0.211. The van der Waals surface area contributed by atoms with Crippen LogP contribution in [-0.4, -0.2) is 9.97 Å². The van der Waals surface area contributed by atoms with Gasteiger partial charge in [0.2, 0.25) is 0 Å². The Labute approximate surface area is 125 Å². The molecule has 0 bridgehead atoms. The second-order valence-electron chi connectivity index (χ2n) is 5.44. The Bertz CT molecular complexity index is 698. The van der Waals surface area contributed by atoms with Crippen LogP contribution in [0.1, 0.15) is 28.2 Å². The van der Waals surface area contributed by atoms with Crippen molar-refractivity contribution in [1.82, 2.24) is 9.97 Å². The topological polar surface area (TPSA) is 28.7 Å². The summed E-state index contributed by atoms with van der Waals surface area (Å²) in [4.78, 5) is 7.94. The predicted molar refractivity (Wildman–Crippen MR) is 86.4 cm³/mol. The van der Waals surface area contributed by atoms with Gasteiger partial charge in [0.15, 0.2) is 0 Å². The highest BCUT2D eigenvalue weighted by molar-refractivity contribution is 5.26. The van der Waals surface area contributed by atoms with Crippen LogP contribution in [-0.2, 0) is 19.3 Å². The molecule has 2 aromatic carbocycles. The Kier molecular flexibility index (Phi) is 4.15. The van der Waals surface area contributed by atoms with E-state index < -0.39 is 0 Å². The van der Waals surface area contributed by atoms with Crippen LogP contribution in [0.25, 0.3) is 0 Å². The highest BCUT2D eigenvalue weighted by Gasteiger charge is 2.03. The Hall–Kier alpha value is -2.35. The van der Waals surface area contributed by atoms with Crippen molar-refractivity contribution in [3.63, 3.8) is 0 Å². The molecule has 3 aromatic rings. The third kappa shape index (κ3) is 3.60. The first-order valence-electron chi connectivity index (χ1n) is 7.42. The molecule has 0 aliphatic rings. The summed E-state index contributed by atoms with van der Waals surface area (Å²) in [5.74, 6) is 1.07. The first kappa shape index (κ1) is 13.6. The lowest BCUT2D eigenvalue weighted by molar-refractivity contribution is 0.872. The molecular weight excluding hydrogens is 256 g/mol. The van der Waals surface area contributed by atoms with E-state index in [0.29, 0.717) is 0 Å². The minimum absolute atomic E-state index is 0.915. The summed E-state index contributed by atoms with van der Waals surface area (Å²) in [6, 6.07) is 19.0. The number of rotatable bonds is 5. The number of nitrogens with zero attached hydrogens (tertiary/aromatic N) is 1. The monoisotopic (exact) mass is 276 g/mol. The molecule has 0 unspecified atom stereocenters. The Morgan fingerprint density at radius 3 is 2.48 bits per heavy atom. The average molecular weight is 276 g/mol. The molecule has 21 heavy (non-hydrogen) atoms. The number of benzene rings is 2. The Morgan fingerprint density at radius 2 is 1.67 bits per heavy atom. The second-order valence-corrected chi connectivity index (χ2v) is 5.44. The van der Waals surface area contributed by atoms with Gasteiger partial charge in [-0.05, 0) is 30.0 Å². The van der Waals surface area contributed by atoms with Gasteiger partial charge >= 0.3 is 0 Å². The number of imidazole rings is 1. The van der Waals surface area contributed by atoms with E-state index in [-0.39, 0.29) is 0 Å². The lowest BCUT2D eigenvalue weighted by Crippen LogP contribution is -1.96. The SMILES string of the molecule is Cc1ccccc1CCc1ncc(Cc2ccccc2)[nH]1. The summed E-state index contributed by atoms with van der Waals surface area (Å²) in [5.41, 5.74) is 5.25. The van der Waals surface area contributed by atoms with Crippen LogP contribution in [0.3, 0.4) is 0 Å². The summed E-state index contributed by atoms with van der Waals surface area (Å²) in [5, 5.41) is 0. The van der Waals surface area contributed by atoms with Gasteiger partial charge in [0.05, 0.1) is 0 Å². The molecule has 0 saturated carbocycles. The number of nitrogens with one attached hydrogen (secondary N) is 1. The maximum Gasteiger partial charge on any atom is 0.106 e. The van der Waals surface area contributed by atoms with Crippen molar-refractivity contribution in [2.45, 2.75) is 26.2 Å². The summed E-state index contributed by atoms with van der Waals surface area (Å²) < 4.78 is 0. The molecule has 1 N–H and O–H groups in total. The fourth-order valence-corrected chi connectivity index (χ4v) is 2.58. The van der Waals surface area contributed by atoms with E-state index in [2.05, 4.69) is 65.4 Å². The van der Waals surface area contributed by atoms with Gasteiger partial charge in [-0.25, -0.2) is 4.98 Å². The zero-order chi connectivity index (χ0) is 14.5. The molecule has 0 aliphatic heterocycles. The van der Waals surface area contributed by atoms with Gasteiger partial charge in [-0.2, -0.15) is 0 Å². The molecule has 1 aromatic heterocycles. The van der Waals surface area contributed by atoms with Gasteiger partial charge in [-0.1, -0.05) is 54.6 Å². The summed E-state index contributed by atoms with van der Waals surface area (Å²) in [6.07, 6.45) is 4.86. The van der Waals surface area contributed by atoms with Crippen molar-refractivity contribution in [2.24, 2.45) is 0 Å². The highest BCUT2D eigenvalue weighted by Crippen LogP contribution is 2.11. The number of H-pyrrole nitrogens is 1. The molecule has 3 rings (SSSR count). The van der Waals surface area contributed by atoms with E-state index in [9.17, 15) is 0 Å². The molecular formula is C19H20N2. The van der Waals surface area contributed by atoms with E-state index in [0.717, 1.165) is 25.1 Å². The first-order valence-corrected chi connectivity index (χ1v) is 7.42. The maximum absolute atomic E-state index is 4.50. The number of hydrogen-bond acceptors (Lipinski definition) is 1. The molecule has 0 amide bonds. The third-order valence-corrected chi connectivity index (χ3v) is 3.81. The number of aromatic amines is 1. The third-order valence-electron chi connectivity index (χ3n) is 3.81. The van der Waals surface area contributed by atoms with Crippen LogP contribution in [0.4, 0.5) is 0 Å². The Balaban J connectivity index is 1.62. The minimum Gasteiger partial charge on any atom is -0.346 e. The van der Waals surface area contributed by atoms with Crippen LogP contribution in [0.5, 0.6) is 0 Å². The van der Waals surface area contributed by atoms with Gasteiger partial charge in [-0.15, -0.1) is 0 Å². The van der Waals surface area contributed by atoms with E-state index >= 15 is 0 Å². The molecule has 106 valence electrons. The largest absolute Gasteiger partial charge is 0.346 e. The summed E-state index contributed by atoms with van der Waals surface area (Å²) in [7, 11) is 0. The van der Waals surface area contributed by atoms with E-state index in [1.54, 1.807) is 0 Å². The van der Waals surface area contributed by atoms with Crippen molar-refractivity contribution in [3.05, 3.63) is 89.0 Å². The molecule has 0 aliphatic carbocycles. The number of hydrogen-bond donors (Lipinski definition) is 1. The van der Waals surface area contributed by atoms with Gasteiger partial charge in [0, 0.05) is 24.7 Å². The van der Waals surface area contributed by atoms with Crippen molar-refractivity contribution in [1.29, 1.82) is 0 Å². The molecule has 2 nitrogen and oxygen atoms in total. The maximum atomic E-state index is 4.50. The van der Waals surface area contributed by atoms with Gasteiger partial charge in [0.1, 0.15) is 5.82 Å². The lowest BCUT2D eigenvalue weighted by Gasteiger charge is -2.03. The predicted octanol–water partition coefficient (Wildman–Crippen LogP) is 4.09. The summed E-state index contributed by atoms with van der Waals surface area (Å²) >= 11 is 0. The number of aromatic nitrogens is 2. The van der Waals surface area contributed by atoms with Crippen LogP contribution in [0.15, 0.2) is 60.8 Å². The number of aryl methyl sites for hydroxylation is 3. The van der Waals surface area contributed by atoms with Crippen molar-refractivity contribution >= 4 is 0 Å². The van der Waals surface area contributed by atoms with E-state index in [1.807, 2.05) is 12.3 Å². The molecule has 1 heterocycles. The highest BCUT2D eigenvalue weighted by atomic mass is 14.9. The van der Waals surface area contributed by atoms with Crippen molar-refractivity contribution in [3.8, 4) is 0 Å². The smallest absolute Gasteiger partial charge is 0.106 e. The lowest BCUT2D eigenvalue weighted by atomic mass is 10.0. The van der Waals surface area contributed by atoms with Crippen molar-refractivity contribution < 1.29 is 0 Å². The van der Waals surface area contributed by atoms with Gasteiger partial charge < -0.3 is 4.98 Å². The summed E-state index contributed by atoms with van der Waals surface area (Å²) in [6.45, 7) is 2.16. The normalized spacial score (nSPS) is 10.7.